The zero-order chi connectivity index (χ0) is 10.4. The number of hydrogen-bond acceptors (Lipinski definition) is 1. The summed E-state index contributed by atoms with van der Waals surface area (Å²) in [6, 6.07) is 0. The van der Waals surface area contributed by atoms with E-state index in [1.165, 1.54) is 5.25 Å². The molecule has 0 aromatic rings. The van der Waals surface area contributed by atoms with Gasteiger partial charge in [-0.3, -0.25) is 0 Å². The summed E-state index contributed by atoms with van der Waals surface area (Å²) in [5, 5.41) is 1.30. The minimum absolute atomic E-state index is 0.0933. The van der Waals surface area contributed by atoms with Crippen LogP contribution in [0.5, 0.6) is 0 Å². The van der Waals surface area contributed by atoms with Gasteiger partial charge in [0.2, 0.25) is 0 Å². The molecule has 5 heteroatoms. The molecule has 2 radical (unpaired) electrons. The Kier molecular flexibility index (Phi) is 8.84. The molecule has 1 atom stereocenters. The molecule has 13 heavy (non-hydrogen) atoms. The van der Waals surface area contributed by atoms with Gasteiger partial charge in [0.25, 0.3) is 0 Å². The number of hydrogen-bond donors (Lipinski definition) is 0. The average Bonchev–Trinajstić information content (AvgIpc) is 1.96. The topological polar surface area (TPSA) is 9.23 Å². The first-order valence-electron chi connectivity index (χ1n) is 4.47. The van der Waals surface area contributed by atoms with Crippen LogP contribution in [-0.2, 0) is 3.76 Å². The van der Waals surface area contributed by atoms with Crippen LogP contribution in [0.25, 0.3) is 0 Å². The van der Waals surface area contributed by atoms with Crippen molar-refractivity contribution in [3.05, 3.63) is 0 Å². The van der Waals surface area contributed by atoms with Crippen molar-refractivity contribution in [3.8, 4) is 0 Å². The van der Waals surface area contributed by atoms with Gasteiger partial charge in [0.15, 0.2) is 0 Å². The molecule has 1 nitrogen and oxygen atoms in total. The van der Waals surface area contributed by atoms with E-state index in [0.717, 1.165) is 6.42 Å². The van der Waals surface area contributed by atoms with Crippen molar-refractivity contribution in [1.82, 2.24) is 0 Å². The van der Waals surface area contributed by atoms with Crippen molar-refractivity contribution in [3.63, 3.8) is 0 Å². The number of halogens is 2. The summed E-state index contributed by atoms with van der Waals surface area (Å²) in [6.45, 7) is 0. The van der Waals surface area contributed by atoms with Crippen molar-refractivity contribution in [1.29, 1.82) is 0 Å². The molecule has 0 spiro atoms. The second-order valence-corrected chi connectivity index (χ2v) is 15.2. The molecule has 0 saturated carbocycles. The van der Waals surface area contributed by atoms with Gasteiger partial charge in [-0.2, -0.15) is 0 Å². The van der Waals surface area contributed by atoms with Crippen LogP contribution < -0.4 is 0 Å². The molecule has 0 N–H and O–H groups in total. The van der Waals surface area contributed by atoms with Gasteiger partial charge in [0.05, 0.1) is 0 Å². The fourth-order valence-corrected chi connectivity index (χ4v) is 5.30. The fourth-order valence-electron chi connectivity index (χ4n) is 0.970. The normalized spacial score (nSPS) is 14.5. The van der Waals surface area contributed by atoms with Crippen LogP contribution in [0.15, 0.2) is 0 Å². The Balaban J connectivity index is 3.81. The summed E-state index contributed by atoms with van der Waals surface area (Å²) in [6.07, 6.45) is 1.15. The second-order valence-electron chi connectivity index (χ2n) is 3.64. The van der Waals surface area contributed by atoms with Crippen molar-refractivity contribution >= 4 is 52.2 Å². The van der Waals surface area contributed by atoms with Gasteiger partial charge in [0.1, 0.15) is 0 Å². The average molecular weight is 346 g/mol. The maximum atomic E-state index is 5.86. The van der Waals surface area contributed by atoms with Crippen LogP contribution in [0.1, 0.15) is 6.42 Å². The number of alkyl halides is 2. The molecule has 0 rings (SSSR count). The number of rotatable bonds is 6. The predicted molar refractivity (Wildman–Crippen MR) is 64.8 cm³/mol. The summed E-state index contributed by atoms with van der Waals surface area (Å²) in [7, 11) is 0. The fraction of sp³-hybridized carbons (Fsp3) is 1.00. The molecule has 0 aliphatic heterocycles. The zero-order valence-corrected chi connectivity index (χ0v) is 14.4. The molecule has 0 bridgehead atoms. The third-order valence-electron chi connectivity index (χ3n) is 1.60. The van der Waals surface area contributed by atoms with Crippen molar-refractivity contribution < 1.29 is 3.76 Å². The van der Waals surface area contributed by atoms with Crippen LogP contribution in [-0.4, -0.2) is 40.0 Å². The van der Waals surface area contributed by atoms with E-state index in [9.17, 15) is 0 Å². The first-order valence-corrected chi connectivity index (χ1v) is 16.1. The van der Waals surface area contributed by atoms with Crippen LogP contribution in [0.4, 0.5) is 0 Å². The predicted octanol–water partition coefficient (Wildman–Crippen LogP) is 3.57. The van der Waals surface area contributed by atoms with Gasteiger partial charge >= 0.3 is 102 Å². The molecule has 0 aliphatic rings. The molecule has 0 heterocycles. The molecular formula is C8H18Cl2Ge2O. The van der Waals surface area contributed by atoms with Gasteiger partial charge in [-0.1, -0.05) is 0 Å². The zero-order valence-electron chi connectivity index (χ0n) is 8.73. The Morgan fingerprint density at radius 2 is 1.69 bits per heavy atom. The van der Waals surface area contributed by atoms with Crippen LogP contribution in [0.2, 0.25) is 28.3 Å². The van der Waals surface area contributed by atoms with Crippen molar-refractivity contribution in [2.45, 2.75) is 45.6 Å². The standard InChI is InChI=1S/C8H18Cl2Ge2O/c1-11(2)6-5-7(8(9)10)13-12(3)4/h7-8H,5-6H2,1-4H3. The monoisotopic (exact) mass is 348 g/mol. The van der Waals surface area contributed by atoms with Crippen molar-refractivity contribution in [2.75, 3.05) is 0 Å². The molecule has 1 unspecified atom stereocenters. The molecule has 0 amide bonds. The van der Waals surface area contributed by atoms with E-state index in [0.29, 0.717) is 0 Å². The molecule has 0 saturated heterocycles. The van der Waals surface area contributed by atoms with Gasteiger partial charge in [0, 0.05) is 0 Å². The summed E-state index contributed by atoms with van der Waals surface area (Å²) in [5.74, 6) is 9.09. The van der Waals surface area contributed by atoms with E-state index in [1.807, 2.05) is 0 Å². The first kappa shape index (κ1) is 14.6. The van der Waals surface area contributed by atoms with E-state index in [2.05, 4.69) is 23.0 Å². The van der Waals surface area contributed by atoms with Crippen LogP contribution in [0.3, 0.4) is 0 Å². The molecule has 0 aromatic carbocycles. The third-order valence-corrected chi connectivity index (χ3v) is 6.49. The maximum absolute atomic E-state index is 5.86. The quantitative estimate of drug-likeness (QED) is 0.528. The summed E-state index contributed by atoms with van der Waals surface area (Å²) < 4.78 is 5.79. The van der Waals surface area contributed by atoms with Crippen LogP contribution >= 0.6 is 23.2 Å². The SMILES string of the molecule is [CH3][Ge]([CH3])[CH2]CC([O][Ge]([CH3])[CH3])C(Cl)Cl. The Hall–Kier alpha value is 1.63. The van der Waals surface area contributed by atoms with Crippen molar-refractivity contribution in [2.24, 2.45) is 0 Å². The molecule has 0 aliphatic carbocycles. The third kappa shape index (κ3) is 8.61. The second kappa shape index (κ2) is 7.86. The summed E-state index contributed by atoms with van der Waals surface area (Å²) in [4.78, 5) is -0.347. The molecular weight excluding hydrogens is 328 g/mol. The van der Waals surface area contributed by atoms with Gasteiger partial charge in [-0.05, 0) is 0 Å². The van der Waals surface area contributed by atoms with Gasteiger partial charge in [-0.15, -0.1) is 0 Å². The Labute approximate surface area is 101 Å². The van der Waals surface area contributed by atoms with Gasteiger partial charge < -0.3 is 0 Å². The van der Waals surface area contributed by atoms with E-state index >= 15 is 0 Å². The molecule has 0 fully saturated rings. The van der Waals surface area contributed by atoms with E-state index in [-0.39, 0.29) is 10.9 Å². The Morgan fingerprint density at radius 3 is 2.00 bits per heavy atom. The Morgan fingerprint density at radius 1 is 1.15 bits per heavy atom. The van der Waals surface area contributed by atoms with E-state index < -0.39 is 29.0 Å². The molecule has 78 valence electrons. The van der Waals surface area contributed by atoms with Gasteiger partial charge in [-0.25, -0.2) is 0 Å². The first-order chi connectivity index (χ1) is 5.93. The van der Waals surface area contributed by atoms with E-state index in [4.69, 9.17) is 27.0 Å². The minimum atomic E-state index is -1.24. The molecule has 0 aromatic heterocycles. The Bertz CT molecular complexity index is 131. The summed E-state index contributed by atoms with van der Waals surface area (Å²) >= 11 is 9.75. The van der Waals surface area contributed by atoms with Crippen LogP contribution in [0, 0.1) is 0 Å². The summed E-state index contributed by atoms with van der Waals surface area (Å²) in [5.41, 5.74) is 0. The van der Waals surface area contributed by atoms with E-state index in [1.54, 1.807) is 0 Å².